The molecule has 0 aliphatic rings. The molecule has 0 heterocycles. The van der Waals surface area contributed by atoms with Gasteiger partial charge in [-0.15, -0.1) is 0 Å². The van der Waals surface area contributed by atoms with Crippen molar-refractivity contribution in [3.63, 3.8) is 0 Å². The monoisotopic (exact) mass is 338 g/mol. The van der Waals surface area contributed by atoms with Gasteiger partial charge in [-0.25, -0.2) is 9.18 Å². The molecule has 4 N–H and O–H groups in total. The molecule has 0 fully saturated rings. The molecule has 2 rings (SSSR count). The number of carbonyl (C=O) groups is 1. The topological polar surface area (TPSA) is 78.3 Å². The molecule has 0 amide bonds. The zero-order valence-electron chi connectivity index (χ0n) is 10.4. The van der Waals surface area contributed by atoms with Crippen LogP contribution in [0.4, 0.5) is 15.8 Å². The standard InChI is InChI=1S/C14H12BrFN2O2/c15-12-3-8(1-2-13(12)16)7-20-14(19)9-4-10(17)6-11(18)5-9/h1-6H,7,17-18H2. The first-order valence-corrected chi connectivity index (χ1v) is 6.52. The molecule has 2 aromatic rings. The number of nitrogens with two attached hydrogens (primary N) is 2. The molecular weight excluding hydrogens is 327 g/mol. The Morgan fingerprint density at radius 2 is 1.80 bits per heavy atom. The summed E-state index contributed by atoms with van der Waals surface area (Å²) >= 11 is 3.07. The molecule has 2 aromatic carbocycles. The van der Waals surface area contributed by atoms with Gasteiger partial charge in [0.25, 0.3) is 0 Å². The molecule has 0 radical (unpaired) electrons. The number of esters is 1. The van der Waals surface area contributed by atoms with Crippen LogP contribution >= 0.6 is 15.9 Å². The number of rotatable bonds is 3. The van der Waals surface area contributed by atoms with Gasteiger partial charge < -0.3 is 16.2 Å². The van der Waals surface area contributed by atoms with Gasteiger partial charge in [-0.2, -0.15) is 0 Å². The summed E-state index contributed by atoms with van der Waals surface area (Å²) in [5.74, 6) is -0.909. The van der Waals surface area contributed by atoms with Crippen molar-refractivity contribution < 1.29 is 13.9 Å². The molecular formula is C14H12BrFN2O2. The fraction of sp³-hybridized carbons (Fsp3) is 0.0714. The molecule has 0 aliphatic carbocycles. The Kier molecular flexibility index (Phi) is 4.24. The summed E-state index contributed by atoms with van der Waals surface area (Å²) in [6.45, 7) is 0.0341. The molecule has 0 unspecified atom stereocenters. The largest absolute Gasteiger partial charge is 0.457 e. The van der Waals surface area contributed by atoms with Crippen LogP contribution in [0.2, 0.25) is 0 Å². The van der Waals surface area contributed by atoms with E-state index in [-0.39, 0.29) is 18.0 Å². The Morgan fingerprint density at radius 3 is 2.40 bits per heavy atom. The lowest BCUT2D eigenvalue weighted by molar-refractivity contribution is 0.0472. The van der Waals surface area contributed by atoms with E-state index < -0.39 is 5.97 Å². The number of anilines is 2. The smallest absolute Gasteiger partial charge is 0.338 e. The van der Waals surface area contributed by atoms with E-state index in [0.717, 1.165) is 0 Å². The van der Waals surface area contributed by atoms with Crippen LogP contribution in [0.5, 0.6) is 0 Å². The van der Waals surface area contributed by atoms with Crippen molar-refractivity contribution in [2.45, 2.75) is 6.61 Å². The number of nitrogen functional groups attached to an aromatic ring is 2. The fourth-order valence-corrected chi connectivity index (χ4v) is 2.08. The van der Waals surface area contributed by atoms with E-state index in [1.807, 2.05) is 0 Å². The summed E-state index contributed by atoms with van der Waals surface area (Å²) < 4.78 is 18.5. The number of ether oxygens (including phenoxy) is 1. The highest BCUT2D eigenvalue weighted by Gasteiger charge is 2.09. The SMILES string of the molecule is Nc1cc(N)cc(C(=O)OCc2ccc(F)c(Br)c2)c1. The van der Waals surface area contributed by atoms with E-state index in [4.69, 9.17) is 16.2 Å². The quantitative estimate of drug-likeness (QED) is 0.665. The highest BCUT2D eigenvalue weighted by atomic mass is 79.9. The minimum Gasteiger partial charge on any atom is -0.457 e. The van der Waals surface area contributed by atoms with Crippen molar-refractivity contribution in [3.05, 3.63) is 57.8 Å². The third-order valence-corrected chi connectivity index (χ3v) is 3.18. The first-order chi connectivity index (χ1) is 9.45. The molecule has 0 aliphatic heterocycles. The van der Waals surface area contributed by atoms with Crippen LogP contribution < -0.4 is 11.5 Å². The van der Waals surface area contributed by atoms with Gasteiger partial charge in [0.05, 0.1) is 10.0 Å². The lowest BCUT2D eigenvalue weighted by Gasteiger charge is -2.07. The van der Waals surface area contributed by atoms with Crippen LogP contribution in [-0.2, 0) is 11.3 Å². The van der Waals surface area contributed by atoms with Crippen molar-refractivity contribution in [3.8, 4) is 0 Å². The number of halogens is 2. The first kappa shape index (κ1) is 14.3. The van der Waals surface area contributed by atoms with Crippen LogP contribution in [0.3, 0.4) is 0 Å². The van der Waals surface area contributed by atoms with Crippen LogP contribution in [0.15, 0.2) is 40.9 Å². The molecule has 4 nitrogen and oxygen atoms in total. The Bertz CT molecular complexity index is 641. The van der Waals surface area contributed by atoms with Crippen molar-refractivity contribution in [2.75, 3.05) is 11.5 Å². The molecule has 0 saturated carbocycles. The summed E-state index contributed by atoms with van der Waals surface area (Å²) in [6, 6.07) is 8.91. The molecule has 0 atom stereocenters. The summed E-state index contributed by atoms with van der Waals surface area (Å²) in [4.78, 5) is 11.9. The normalized spacial score (nSPS) is 10.3. The zero-order chi connectivity index (χ0) is 14.7. The summed E-state index contributed by atoms with van der Waals surface area (Å²) in [7, 11) is 0. The molecule has 104 valence electrons. The molecule has 0 aromatic heterocycles. The molecule has 0 bridgehead atoms. The average Bonchev–Trinajstić information content (AvgIpc) is 2.38. The number of hydrogen-bond acceptors (Lipinski definition) is 4. The Labute approximate surface area is 123 Å². The Morgan fingerprint density at radius 1 is 1.15 bits per heavy atom. The van der Waals surface area contributed by atoms with Gasteiger partial charge in [-0.1, -0.05) is 6.07 Å². The maximum absolute atomic E-state index is 13.1. The maximum atomic E-state index is 13.1. The van der Waals surface area contributed by atoms with Gasteiger partial charge in [0, 0.05) is 11.4 Å². The Balaban J connectivity index is 2.06. The summed E-state index contributed by atoms with van der Waals surface area (Å²) in [5.41, 5.74) is 12.9. The van der Waals surface area contributed by atoms with E-state index in [2.05, 4.69) is 15.9 Å². The lowest BCUT2D eigenvalue weighted by atomic mass is 10.2. The predicted octanol–water partition coefficient (Wildman–Crippen LogP) is 3.11. The van der Waals surface area contributed by atoms with Crippen LogP contribution in [-0.4, -0.2) is 5.97 Å². The first-order valence-electron chi connectivity index (χ1n) is 5.73. The van der Waals surface area contributed by atoms with Gasteiger partial charge in [0.1, 0.15) is 12.4 Å². The van der Waals surface area contributed by atoms with Crippen LogP contribution in [0.25, 0.3) is 0 Å². The zero-order valence-corrected chi connectivity index (χ0v) is 12.0. The highest BCUT2D eigenvalue weighted by molar-refractivity contribution is 9.10. The predicted molar refractivity (Wildman–Crippen MR) is 78.5 cm³/mol. The van der Waals surface area contributed by atoms with Gasteiger partial charge in [0.15, 0.2) is 0 Å². The van der Waals surface area contributed by atoms with Crippen LogP contribution in [0.1, 0.15) is 15.9 Å². The highest BCUT2D eigenvalue weighted by Crippen LogP contribution is 2.19. The molecule has 0 saturated heterocycles. The van der Waals surface area contributed by atoms with E-state index in [9.17, 15) is 9.18 Å². The average molecular weight is 339 g/mol. The van der Waals surface area contributed by atoms with Crippen molar-refractivity contribution in [1.82, 2.24) is 0 Å². The lowest BCUT2D eigenvalue weighted by Crippen LogP contribution is -2.07. The molecule has 6 heteroatoms. The van der Waals surface area contributed by atoms with Gasteiger partial charge in [-0.3, -0.25) is 0 Å². The summed E-state index contributed by atoms with van der Waals surface area (Å²) in [5, 5.41) is 0. The molecule has 20 heavy (non-hydrogen) atoms. The van der Waals surface area contributed by atoms with Crippen molar-refractivity contribution in [1.29, 1.82) is 0 Å². The van der Waals surface area contributed by atoms with Gasteiger partial charge in [0.2, 0.25) is 0 Å². The van der Waals surface area contributed by atoms with Crippen molar-refractivity contribution >= 4 is 33.3 Å². The maximum Gasteiger partial charge on any atom is 0.338 e. The minimum absolute atomic E-state index is 0.0341. The second kappa shape index (κ2) is 5.92. The minimum atomic E-state index is -0.538. The van der Waals surface area contributed by atoms with E-state index >= 15 is 0 Å². The number of benzene rings is 2. The fourth-order valence-electron chi connectivity index (χ4n) is 1.66. The van der Waals surface area contributed by atoms with Gasteiger partial charge >= 0.3 is 5.97 Å². The van der Waals surface area contributed by atoms with Crippen molar-refractivity contribution in [2.24, 2.45) is 0 Å². The van der Waals surface area contributed by atoms with E-state index in [1.54, 1.807) is 18.2 Å². The van der Waals surface area contributed by atoms with E-state index in [1.165, 1.54) is 18.2 Å². The third-order valence-electron chi connectivity index (χ3n) is 2.57. The summed E-state index contributed by atoms with van der Waals surface area (Å²) in [6.07, 6.45) is 0. The third kappa shape index (κ3) is 3.48. The number of hydrogen-bond donors (Lipinski definition) is 2. The second-order valence-corrected chi connectivity index (χ2v) is 5.07. The van der Waals surface area contributed by atoms with Gasteiger partial charge in [-0.05, 0) is 51.8 Å². The Hall–Kier alpha value is -2.08. The van der Waals surface area contributed by atoms with Crippen LogP contribution in [0, 0.1) is 5.82 Å². The number of carbonyl (C=O) groups excluding carboxylic acids is 1. The molecule has 0 spiro atoms. The second-order valence-electron chi connectivity index (χ2n) is 4.21. The van der Waals surface area contributed by atoms with E-state index in [0.29, 0.717) is 21.4 Å².